The van der Waals surface area contributed by atoms with Crippen LogP contribution in [0, 0.1) is 6.92 Å². The Kier molecular flexibility index (Phi) is 3.33. The van der Waals surface area contributed by atoms with Crippen LogP contribution in [0.5, 0.6) is 0 Å². The van der Waals surface area contributed by atoms with E-state index in [1.54, 1.807) is 28.3 Å². The van der Waals surface area contributed by atoms with Gasteiger partial charge in [-0.15, -0.1) is 11.3 Å². The molecule has 1 fully saturated rings. The quantitative estimate of drug-likeness (QED) is 0.907. The number of rotatable bonds is 5. The highest BCUT2D eigenvalue weighted by molar-refractivity contribution is 7.09. The van der Waals surface area contributed by atoms with E-state index in [-0.39, 0.29) is 5.56 Å². The molecule has 6 heteroatoms. The minimum atomic E-state index is -0.0136. The normalized spacial score (nSPS) is 14.6. The average Bonchev–Trinajstić information content (AvgIpc) is 3.15. The van der Waals surface area contributed by atoms with Crippen molar-refractivity contribution in [2.75, 3.05) is 11.9 Å². The van der Waals surface area contributed by atoms with Crippen molar-refractivity contribution in [3.05, 3.63) is 38.8 Å². The van der Waals surface area contributed by atoms with Crippen molar-refractivity contribution >= 4 is 17.2 Å². The predicted molar refractivity (Wildman–Crippen MR) is 75.8 cm³/mol. The summed E-state index contributed by atoms with van der Waals surface area (Å²) in [5, 5.41) is 6.24. The molecule has 1 N–H and O–H groups in total. The van der Waals surface area contributed by atoms with Gasteiger partial charge in [0.05, 0.1) is 5.01 Å². The molecule has 1 saturated carbocycles. The van der Waals surface area contributed by atoms with Crippen molar-refractivity contribution in [3.63, 3.8) is 0 Å². The molecule has 19 heavy (non-hydrogen) atoms. The third-order valence-corrected chi connectivity index (χ3v) is 4.13. The van der Waals surface area contributed by atoms with Gasteiger partial charge in [0.25, 0.3) is 5.56 Å². The fourth-order valence-corrected chi connectivity index (χ4v) is 2.77. The Balaban J connectivity index is 1.63. The lowest BCUT2D eigenvalue weighted by Gasteiger charge is -2.07. The highest BCUT2D eigenvalue weighted by atomic mass is 32.1. The number of thiazole rings is 1. The Morgan fingerprint density at radius 3 is 3.05 bits per heavy atom. The molecule has 0 spiro atoms. The van der Waals surface area contributed by atoms with E-state index in [9.17, 15) is 4.79 Å². The molecule has 100 valence electrons. The number of hydrogen-bond acceptors (Lipinski definition) is 5. The summed E-state index contributed by atoms with van der Waals surface area (Å²) in [5.74, 6) is 0.447. The lowest BCUT2D eigenvalue weighted by atomic mass is 10.4. The lowest BCUT2D eigenvalue weighted by Crippen LogP contribution is -2.24. The van der Waals surface area contributed by atoms with Crippen LogP contribution in [0.1, 0.15) is 29.6 Å². The van der Waals surface area contributed by atoms with Crippen molar-refractivity contribution < 1.29 is 0 Å². The van der Waals surface area contributed by atoms with Crippen LogP contribution in [-0.4, -0.2) is 21.1 Å². The van der Waals surface area contributed by atoms with Crippen molar-refractivity contribution in [1.82, 2.24) is 14.5 Å². The van der Waals surface area contributed by atoms with Crippen LogP contribution in [-0.2, 0) is 6.42 Å². The molecule has 2 aromatic rings. The average molecular weight is 276 g/mol. The van der Waals surface area contributed by atoms with Crippen LogP contribution >= 0.6 is 11.3 Å². The summed E-state index contributed by atoms with van der Waals surface area (Å²) >= 11 is 1.65. The fraction of sp³-hybridized carbons (Fsp3) is 0.462. The summed E-state index contributed by atoms with van der Waals surface area (Å²) in [5.41, 5.74) is 1.04. The van der Waals surface area contributed by atoms with E-state index in [1.807, 2.05) is 12.3 Å². The van der Waals surface area contributed by atoms with Crippen molar-refractivity contribution in [3.8, 4) is 0 Å². The Labute approximate surface area is 115 Å². The van der Waals surface area contributed by atoms with E-state index >= 15 is 0 Å². The van der Waals surface area contributed by atoms with Gasteiger partial charge in [-0.2, -0.15) is 0 Å². The molecular weight excluding hydrogens is 260 g/mol. The monoisotopic (exact) mass is 276 g/mol. The van der Waals surface area contributed by atoms with Crippen LogP contribution in [0.2, 0.25) is 0 Å². The molecular formula is C13H16N4OS. The van der Waals surface area contributed by atoms with Gasteiger partial charge in [0.15, 0.2) is 5.82 Å². The summed E-state index contributed by atoms with van der Waals surface area (Å²) in [7, 11) is 0. The van der Waals surface area contributed by atoms with E-state index in [0.717, 1.165) is 30.0 Å². The van der Waals surface area contributed by atoms with Gasteiger partial charge in [-0.25, -0.2) is 9.97 Å². The molecule has 0 unspecified atom stereocenters. The molecule has 0 aromatic carbocycles. The molecule has 2 heterocycles. The summed E-state index contributed by atoms with van der Waals surface area (Å²) in [4.78, 5) is 20.6. The molecule has 3 rings (SSSR count). The van der Waals surface area contributed by atoms with Gasteiger partial charge < -0.3 is 9.88 Å². The van der Waals surface area contributed by atoms with Gasteiger partial charge in [0.2, 0.25) is 0 Å². The van der Waals surface area contributed by atoms with Gasteiger partial charge in [-0.05, 0) is 19.8 Å². The Hall–Kier alpha value is -1.69. The van der Waals surface area contributed by atoms with Gasteiger partial charge in [0, 0.05) is 42.5 Å². The van der Waals surface area contributed by atoms with Crippen molar-refractivity contribution in [2.24, 2.45) is 0 Å². The zero-order chi connectivity index (χ0) is 13.2. The van der Waals surface area contributed by atoms with Gasteiger partial charge in [0.1, 0.15) is 0 Å². The van der Waals surface area contributed by atoms with Crippen LogP contribution in [0.3, 0.4) is 0 Å². The zero-order valence-corrected chi connectivity index (χ0v) is 11.6. The number of hydrogen-bond donors (Lipinski definition) is 1. The van der Waals surface area contributed by atoms with E-state index < -0.39 is 0 Å². The third kappa shape index (κ3) is 2.84. The zero-order valence-electron chi connectivity index (χ0n) is 10.8. The van der Waals surface area contributed by atoms with Crippen LogP contribution in [0.25, 0.3) is 0 Å². The first kappa shape index (κ1) is 12.3. The van der Waals surface area contributed by atoms with Crippen LogP contribution in [0.4, 0.5) is 5.82 Å². The maximum Gasteiger partial charge on any atom is 0.293 e. The molecule has 0 atom stereocenters. The van der Waals surface area contributed by atoms with Gasteiger partial charge >= 0.3 is 0 Å². The highest BCUT2D eigenvalue weighted by Crippen LogP contribution is 2.33. The molecule has 1 aliphatic carbocycles. The maximum atomic E-state index is 12.1. The Morgan fingerprint density at radius 2 is 2.37 bits per heavy atom. The lowest BCUT2D eigenvalue weighted by molar-refractivity contribution is 0.699. The molecule has 0 aliphatic heterocycles. The molecule has 0 saturated heterocycles. The van der Waals surface area contributed by atoms with Gasteiger partial charge in [-0.3, -0.25) is 4.79 Å². The standard InChI is InChI=1S/C13H16N4OS/c1-9-8-19-11(16-9)4-5-14-12-13(18)17(7-6-15-12)10-2-3-10/h6-8,10H,2-5H2,1H3,(H,14,15). The Bertz CT molecular complexity index is 630. The summed E-state index contributed by atoms with van der Waals surface area (Å²) in [6.07, 6.45) is 6.48. The second-order valence-electron chi connectivity index (χ2n) is 4.78. The van der Waals surface area contributed by atoms with E-state index in [2.05, 4.69) is 15.3 Å². The molecule has 1 aliphatic rings. The minimum absolute atomic E-state index is 0.0136. The second kappa shape index (κ2) is 5.13. The number of aryl methyl sites for hydroxylation is 1. The smallest absolute Gasteiger partial charge is 0.293 e. The predicted octanol–water partition coefficient (Wildman–Crippen LogP) is 2.00. The fourth-order valence-electron chi connectivity index (χ4n) is 1.99. The summed E-state index contributed by atoms with van der Waals surface area (Å²) in [6, 6.07) is 0.387. The van der Waals surface area contributed by atoms with Crippen LogP contribution < -0.4 is 10.9 Å². The third-order valence-electron chi connectivity index (χ3n) is 3.11. The molecule has 0 bridgehead atoms. The van der Waals surface area contributed by atoms with Crippen LogP contribution in [0.15, 0.2) is 22.6 Å². The van der Waals surface area contributed by atoms with Gasteiger partial charge in [-0.1, -0.05) is 0 Å². The number of aromatic nitrogens is 3. The molecule has 5 nitrogen and oxygen atoms in total. The second-order valence-corrected chi connectivity index (χ2v) is 5.72. The molecule has 0 amide bonds. The number of nitrogens with one attached hydrogen (secondary N) is 1. The van der Waals surface area contributed by atoms with E-state index in [0.29, 0.717) is 18.4 Å². The number of nitrogens with zero attached hydrogens (tertiary/aromatic N) is 3. The maximum absolute atomic E-state index is 12.1. The molecule has 2 aromatic heterocycles. The topological polar surface area (TPSA) is 59.8 Å². The minimum Gasteiger partial charge on any atom is -0.365 e. The van der Waals surface area contributed by atoms with Crippen molar-refractivity contribution in [1.29, 1.82) is 0 Å². The first-order valence-corrected chi connectivity index (χ1v) is 7.34. The van der Waals surface area contributed by atoms with E-state index in [4.69, 9.17) is 0 Å². The largest absolute Gasteiger partial charge is 0.365 e. The van der Waals surface area contributed by atoms with Crippen molar-refractivity contribution in [2.45, 2.75) is 32.2 Å². The molecule has 0 radical (unpaired) electrons. The number of anilines is 1. The summed E-state index contributed by atoms with van der Waals surface area (Å²) < 4.78 is 1.78. The first-order valence-electron chi connectivity index (χ1n) is 6.46. The highest BCUT2D eigenvalue weighted by Gasteiger charge is 2.25. The first-order chi connectivity index (χ1) is 9.24. The summed E-state index contributed by atoms with van der Waals surface area (Å²) in [6.45, 7) is 2.67. The Morgan fingerprint density at radius 1 is 1.53 bits per heavy atom. The van der Waals surface area contributed by atoms with E-state index in [1.165, 1.54) is 0 Å². The SMILES string of the molecule is Cc1csc(CCNc2nccn(C3CC3)c2=O)n1.